The lowest BCUT2D eigenvalue weighted by Gasteiger charge is -1.91. The minimum atomic E-state index is 0.715. The van der Waals surface area contributed by atoms with E-state index in [0.717, 1.165) is 11.6 Å². The number of rotatable bonds is 4. The Bertz CT molecular complexity index is 518. The summed E-state index contributed by atoms with van der Waals surface area (Å²) in [6.45, 7) is 0. The smallest absolute Gasteiger partial charge is 0.153 e. The predicted octanol–water partition coefficient (Wildman–Crippen LogP) is -0.0441. The molecule has 0 bridgehead atoms. The summed E-state index contributed by atoms with van der Waals surface area (Å²) in [4.78, 5) is 2.40. The van der Waals surface area contributed by atoms with Crippen LogP contribution < -0.4 is 0 Å². The van der Waals surface area contributed by atoms with Gasteiger partial charge >= 0.3 is 0 Å². The molecule has 0 fully saturated rings. The van der Waals surface area contributed by atoms with Gasteiger partial charge in [-0.05, 0) is 33.0 Å². The fraction of sp³-hybridized carbons (Fsp3) is 0.250. The summed E-state index contributed by atoms with van der Waals surface area (Å²) in [6, 6.07) is 4.12. The first kappa shape index (κ1) is 10.0. The molecule has 3 aromatic rings. The second kappa shape index (κ2) is 4.37. The molecule has 86 valence electrons. The summed E-state index contributed by atoms with van der Waals surface area (Å²) < 4.78 is 0. The van der Waals surface area contributed by atoms with Gasteiger partial charge < -0.3 is 0 Å². The van der Waals surface area contributed by atoms with Crippen molar-refractivity contribution in [3.8, 4) is 0 Å². The Kier molecular flexibility index (Phi) is 2.58. The number of aromatic nitrogens is 8. The third-order valence-electron chi connectivity index (χ3n) is 2.18. The quantitative estimate of drug-likeness (QED) is 0.670. The minimum Gasteiger partial charge on any atom is -0.243 e. The van der Waals surface area contributed by atoms with Crippen LogP contribution in [0.5, 0.6) is 0 Å². The van der Waals surface area contributed by atoms with Crippen LogP contribution in [0, 0.1) is 0 Å². The predicted molar refractivity (Wildman–Crippen MR) is 58.3 cm³/mol. The van der Waals surface area contributed by atoms with E-state index in [1.54, 1.807) is 11.3 Å². The summed E-state index contributed by atoms with van der Waals surface area (Å²) in [5, 5.41) is 27.3. The van der Waals surface area contributed by atoms with Gasteiger partial charge in [0.15, 0.2) is 11.6 Å². The van der Waals surface area contributed by atoms with E-state index in [-0.39, 0.29) is 0 Å². The number of nitrogens with zero attached hydrogens (tertiary/aromatic N) is 6. The van der Waals surface area contributed by atoms with Crippen molar-refractivity contribution < 1.29 is 0 Å². The molecule has 3 heterocycles. The second-order valence-corrected chi connectivity index (χ2v) is 4.67. The largest absolute Gasteiger partial charge is 0.243 e. The summed E-state index contributed by atoms with van der Waals surface area (Å²) in [6.07, 6.45) is 1.43. The van der Waals surface area contributed by atoms with Crippen LogP contribution in [0.15, 0.2) is 12.1 Å². The van der Waals surface area contributed by atoms with Gasteiger partial charge in [-0.3, -0.25) is 0 Å². The molecule has 0 amide bonds. The second-order valence-electron chi connectivity index (χ2n) is 3.42. The van der Waals surface area contributed by atoms with Crippen molar-refractivity contribution in [2.24, 2.45) is 0 Å². The van der Waals surface area contributed by atoms with Gasteiger partial charge in [-0.25, -0.2) is 10.2 Å². The van der Waals surface area contributed by atoms with Gasteiger partial charge in [0.05, 0.1) is 0 Å². The highest BCUT2D eigenvalue weighted by Gasteiger charge is 2.06. The van der Waals surface area contributed by atoms with Crippen molar-refractivity contribution >= 4 is 11.3 Å². The van der Waals surface area contributed by atoms with Crippen molar-refractivity contribution in [3.63, 3.8) is 0 Å². The standard InChI is InChI=1S/C8H8N8S/c1-2-6(4-8-11-15-16-12-8)17-5(1)3-7-9-13-14-10-7/h1-2H,3-4H2,(H,9,10,13,14)(H,11,12,15,16). The summed E-state index contributed by atoms with van der Waals surface area (Å²) in [7, 11) is 0. The summed E-state index contributed by atoms with van der Waals surface area (Å²) in [5.41, 5.74) is 0. The van der Waals surface area contributed by atoms with E-state index < -0.39 is 0 Å². The number of hydrogen-bond acceptors (Lipinski definition) is 7. The molecular weight excluding hydrogens is 240 g/mol. The van der Waals surface area contributed by atoms with Crippen LogP contribution in [-0.4, -0.2) is 41.2 Å². The molecule has 0 radical (unpaired) electrons. The van der Waals surface area contributed by atoms with Crippen LogP contribution in [-0.2, 0) is 12.8 Å². The van der Waals surface area contributed by atoms with E-state index in [9.17, 15) is 0 Å². The van der Waals surface area contributed by atoms with Gasteiger partial charge in [-0.15, -0.1) is 21.5 Å². The molecule has 2 N–H and O–H groups in total. The van der Waals surface area contributed by atoms with Crippen LogP contribution in [0.4, 0.5) is 0 Å². The van der Waals surface area contributed by atoms with E-state index in [4.69, 9.17) is 0 Å². The van der Waals surface area contributed by atoms with Crippen LogP contribution in [0.2, 0.25) is 0 Å². The number of aromatic amines is 2. The number of thiophene rings is 1. The molecule has 3 rings (SSSR count). The number of tetrazole rings is 2. The Morgan fingerprint density at radius 3 is 1.82 bits per heavy atom. The Hall–Kier alpha value is -2.16. The number of hydrogen-bond donors (Lipinski definition) is 2. The van der Waals surface area contributed by atoms with Crippen LogP contribution >= 0.6 is 11.3 Å². The highest BCUT2D eigenvalue weighted by Crippen LogP contribution is 2.20. The highest BCUT2D eigenvalue weighted by atomic mass is 32.1. The zero-order chi connectivity index (χ0) is 11.5. The van der Waals surface area contributed by atoms with Gasteiger partial charge in [-0.2, -0.15) is 0 Å². The van der Waals surface area contributed by atoms with Gasteiger partial charge in [0.2, 0.25) is 0 Å². The maximum Gasteiger partial charge on any atom is 0.153 e. The first-order chi connectivity index (χ1) is 8.40. The van der Waals surface area contributed by atoms with Gasteiger partial charge in [0.25, 0.3) is 0 Å². The molecule has 8 nitrogen and oxygen atoms in total. The van der Waals surface area contributed by atoms with Gasteiger partial charge in [0, 0.05) is 22.6 Å². The zero-order valence-corrected chi connectivity index (χ0v) is 9.48. The fourth-order valence-corrected chi connectivity index (χ4v) is 2.48. The third kappa shape index (κ3) is 2.33. The molecule has 0 aliphatic rings. The Morgan fingerprint density at radius 1 is 0.882 bits per heavy atom. The molecule has 3 aromatic heterocycles. The molecule has 0 spiro atoms. The Morgan fingerprint density at radius 2 is 1.41 bits per heavy atom. The lowest BCUT2D eigenvalue weighted by molar-refractivity contribution is 0.881. The van der Waals surface area contributed by atoms with E-state index in [0.29, 0.717) is 12.8 Å². The van der Waals surface area contributed by atoms with Crippen LogP contribution in [0.3, 0.4) is 0 Å². The Labute approximate surface area is 99.5 Å². The minimum absolute atomic E-state index is 0.715. The van der Waals surface area contributed by atoms with Crippen molar-refractivity contribution in [3.05, 3.63) is 33.5 Å². The maximum absolute atomic E-state index is 3.85. The van der Waals surface area contributed by atoms with Crippen molar-refractivity contribution in [1.82, 2.24) is 41.2 Å². The first-order valence-electron chi connectivity index (χ1n) is 4.93. The lowest BCUT2D eigenvalue weighted by Crippen LogP contribution is -1.88. The van der Waals surface area contributed by atoms with Crippen molar-refractivity contribution in [1.29, 1.82) is 0 Å². The topological polar surface area (TPSA) is 109 Å². The average molecular weight is 248 g/mol. The molecule has 0 aliphatic carbocycles. The van der Waals surface area contributed by atoms with Gasteiger partial charge in [0.1, 0.15) is 0 Å². The molecule has 0 saturated carbocycles. The molecule has 0 aromatic carbocycles. The summed E-state index contributed by atoms with van der Waals surface area (Å²) >= 11 is 1.70. The number of H-pyrrole nitrogens is 2. The van der Waals surface area contributed by atoms with Crippen molar-refractivity contribution in [2.45, 2.75) is 12.8 Å². The fourth-order valence-electron chi connectivity index (χ4n) is 1.45. The van der Waals surface area contributed by atoms with Crippen LogP contribution in [0.25, 0.3) is 0 Å². The summed E-state index contributed by atoms with van der Waals surface area (Å²) in [5.74, 6) is 1.53. The monoisotopic (exact) mass is 248 g/mol. The molecule has 0 unspecified atom stereocenters. The normalized spacial score (nSPS) is 10.8. The number of nitrogens with one attached hydrogen (secondary N) is 2. The molecule has 17 heavy (non-hydrogen) atoms. The van der Waals surface area contributed by atoms with Gasteiger partial charge in [-0.1, -0.05) is 0 Å². The first-order valence-corrected chi connectivity index (χ1v) is 5.74. The lowest BCUT2D eigenvalue weighted by atomic mass is 10.3. The van der Waals surface area contributed by atoms with E-state index in [1.807, 2.05) is 0 Å². The molecule has 9 heteroatoms. The zero-order valence-electron chi connectivity index (χ0n) is 8.66. The average Bonchev–Trinajstić information content (AvgIpc) is 3.02. The van der Waals surface area contributed by atoms with E-state index >= 15 is 0 Å². The molecule has 0 atom stereocenters. The third-order valence-corrected chi connectivity index (χ3v) is 3.26. The SMILES string of the molecule is c1cc(Cc2nnn[nH]2)sc1Cc1nnn[nH]1. The molecule has 0 aliphatic heterocycles. The van der Waals surface area contributed by atoms with E-state index in [1.165, 1.54) is 9.75 Å². The van der Waals surface area contributed by atoms with Crippen molar-refractivity contribution in [2.75, 3.05) is 0 Å². The molecular formula is C8H8N8S. The maximum atomic E-state index is 3.85. The highest BCUT2D eigenvalue weighted by molar-refractivity contribution is 7.12. The van der Waals surface area contributed by atoms with E-state index in [2.05, 4.69) is 53.4 Å². The molecule has 0 saturated heterocycles. The Balaban J connectivity index is 1.70. The van der Waals surface area contributed by atoms with Crippen LogP contribution in [0.1, 0.15) is 21.4 Å².